The van der Waals surface area contributed by atoms with Crippen molar-refractivity contribution in [2.24, 2.45) is 0 Å². The lowest BCUT2D eigenvalue weighted by Crippen LogP contribution is -2.32. The number of amides is 1. The van der Waals surface area contributed by atoms with E-state index >= 15 is 0 Å². The summed E-state index contributed by atoms with van der Waals surface area (Å²) in [5.41, 5.74) is 0. The minimum atomic E-state index is -0.314. The average Bonchev–Trinajstić information content (AvgIpc) is 2.83. The number of nitrogens with one attached hydrogen (secondary N) is 1. The monoisotopic (exact) mass is 189 g/mol. The molecule has 1 atom stereocenters. The molecule has 1 aliphatic carbocycles. The fraction of sp³-hybridized carbons (Fsp3) is 0.889. The highest BCUT2D eigenvalue weighted by molar-refractivity contribution is 6.30. The van der Waals surface area contributed by atoms with Gasteiger partial charge in [0.1, 0.15) is 5.38 Å². The van der Waals surface area contributed by atoms with Crippen LogP contribution in [0, 0.1) is 0 Å². The first-order valence-corrected chi connectivity index (χ1v) is 5.12. The molecule has 3 heteroatoms. The van der Waals surface area contributed by atoms with Crippen LogP contribution >= 0.6 is 11.6 Å². The van der Waals surface area contributed by atoms with E-state index in [4.69, 9.17) is 11.6 Å². The standard InChI is InChI=1S/C9H16ClNO/c1-2-3-4-8(10)9(12)11-7-5-6-7/h7-8H,2-6H2,1H3,(H,11,12). The summed E-state index contributed by atoms with van der Waals surface area (Å²) in [5, 5.41) is 2.58. The third-order valence-corrected chi connectivity index (χ3v) is 2.44. The van der Waals surface area contributed by atoms with Crippen LogP contribution in [0.4, 0.5) is 0 Å². The molecule has 1 rings (SSSR count). The van der Waals surface area contributed by atoms with Gasteiger partial charge in [0.25, 0.3) is 0 Å². The van der Waals surface area contributed by atoms with Gasteiger partial charge in [0.05, 0.1) is 0 Å². The summed E-state index contributed by atoms with van der Waals surface area (Å²) in [6.07, 6.45) is 5.19. The van der Waals surface area contributed by atoms with Crippen LogP contribution < -0.4 is 5.32 Å². The molecule has 1 fully saturated rings. The molecule has 12 heavy (non-hydrogen) atoms. The van der Waals surface area contributed by atoms with Gasteiger partial charge in [0.2, 0.25) is 5.91 Å². The zero-order chi connectivity index (χ0) is 8.97. The number of alkyl halides is 1. The zero-order valence-electron chi connectivity index (χ0n) is 7.48. The van der Waals surface area contributed by atoms with Gasteiger partial charge in [0.15, 0.2) is 0 Å². The molecule has 0 aromatic rings. The molecule has 1 aliphatic rings. The summed E-state index contributed by atoms with van der Waals surface area (Å²) in [6, 6.07) is 0.431. The van der Waals surface area contributed by atoms with Crippen molar-refractivity contribution in [1.82, 2.24) is 5.32 Å². The van der Waals surface area contributed by atoms with E-state index in [9.17, 15) is 4.79 Å². The van der Waals surface area contributed by atoms with E-state index in [0.29, 0.717) is 6.04 Å². The second kappa shape index (κ2) is 4.70. The first-order valence-electron chi connectivity index (χ1n) is 4.68. The highest BCUT2D eigenvalue weighted by Crippen LogP contribution is 2.19. The molecular weight excluding hydrogens is 174 g/mol. The largest absolute Gasteiger partial charge is 0.352 e. The molecule has 0 saturated heterocycles. The van der Waals surface area contributed by atoms with Gasteiger partial charge in [-0.05, 0) is 19.3 Å². The average molecular weight is 190 g/mol. The van der Waals surface area contributed by atoms with Crippen molar-refractivity contribution in [3.8, 4) is 0 Å². The number of carbonyl (C=O) groups is 1. The SMILES string of the molecule is CCCCC(Cl)C(=O)NC1CC1. The Bertz CT molecular complexity index is 157. The van der Waals surface area contributed by atoms with Gasteiger partial charge in [-0.3, -0.25) is 4.79 Å². The molecule has 2 nitrogen and oxygen atoms in total. The molecule has 1 saturated carbocycles. The Morgan fingerprint density at radius 3 is 2.83 bits per heavy atom. The highest BCUT2D eigenvalue weighted by Gasteiger charge is 2.25. The predicted molar refractivity (Wildman–Crippen MR) is 50.3 cm³/mol. The Balaban J connectivity index is 2.11. The molecule has 0 heterocycles. The normalized spacial score (nSPS) is 18.8. The second-order valence-electron chi connectivity index (χ2n) is 3.39. The summed E-state index contributed by atoms with van der Waals surface area (Å²) in [4.78, 5) is 11.3. The van der Waals surface area contributed by atoms with E-state index in [-0.39, 0.29) is 11.3 Å². The lowest BCUT2D eigenvalue weighted by molar-refractivity contribution is -0.121. The van der Waals surface area contributed by atoms with Crippen molar-refractivity contribution in [2.75, 3.05) is 0 Å². The summed E-state index contributed by atoms with van der Waals surface area (Å²) >= 11 is 5.87. The highest BCUT2D eigenvalue weighted by atomic mass is 35.5. The maximum atomic E-state index is 11.3. The van der Waals surface area contributed by atoms with Crippen LogP contribution in [0.25, 0.3) is 0 Å². The molecule has 1 amide bonds. The molecule has 0 spiro atoms. The molecular formula is C9H16ClNO. The minimum absolute atomic E-state index is 0.0209. The van der Waals surface area contributed by atoms with E-state index in [1.165, 1.54) is 0 Å². The van der Waals surface area contributed by atoms with Gasteiger partial charge in [-0.15, -0.1) is 11.6 Å². The predicted octanol–water partition coefficient (Wildman–Crippen LogP) is 2.06. The van der Waals surface area contributed by atoms with E-state index < -0.39 is 0 Å². The van der Waals surface area contributed by atoms with Crippen molar-refractivity contribution in [3.05, 3.63) is 0 Å². The molecule has 0 aliphatic heterocycles. The van der Waals surface area contributed by atoms with Crippen molar-refractivity contribution in [1.29, 1.82) is 0 Å². The van der Waals surface area contributed by atoms with Gasteiger partial charge in [-0.25, -0.2) is 0 Å². The second-order valence-corrected chi connectivity index (χ2v) is 3.92. The Labute approximate surface area is 78.7 Å². The Morgan fingerprint density at radius 2 is 2.33 bits per heavy atom. The Kier molecular flexibility index (Phi) is 3.86. The van der Waals surface area contributed by atoms with Crippen LogP contribution in [0.15, 0.2) is 0 Å². The van der Waals surface area contributed by atoms with Gasteiger partial charge < -0.3 is 5.32 Å². The lowest BCUT2D eigenvalue weighted by atomic mass is 10.2. The van der Waals surface area contributed by atoms with Gasteiger partial charge >= 0.3 is 0 Å². The van der Waals surface area contributed by atoms with E-state index in [2.05, 4.69) is 12.2 Å². The van der Waals surface area contributed by atoms with E-state index in [1.807, 2.05) is 0 Å². The van der Waals surface area contributed by atoms with E-state index in [0.717, 1.165) is 32.1 Å². The number of hydrogen-bond donors (Lipinski definition) is 1. The third kappa shape index (κ3) is 3.44. The van der Waals surface area contributed by atoms with Crippen LogP contribution in [-0.4, -0.2) is 17.3 Å². The summed E-state index contributed by atoms with van der Waals surface area (Å²) in [6.45, 7) is 2.10. The van der Waals surface area contributed by atoms with Crippen molar-refractivity contribution < 1.29 is 4.79 Å². The van der Waals surface area contributed by atoms with Crippen LogP contribution in [0.3, 0.4) is 0 Å². The molecule has 0 radical (unpaired) electrons. The summed E-state index contributed by atoms with van der Waals surface area (Å²) in [5.74, 6) is 0.0209. The molecule has 0 aromatic carbocycles. The van der Waals surface area contributed by atoms with Gasteiger partial charge in [-0.2, -0.15) is 0 Å². The maximum Gasteiger partial charge on any atom is 0.238 e. The zero-order valence-corrected chi connectivity index (χ0v) is 8.23. The molecule has 1 unspecified atom stereocenters. The lowest BCUT2D eigenvalue weighted by Gasteiger charge is -2.08. The minimum Gasteiger partial charge on any atom is -0.352 e. The van der Waals surface area contributed by atoms with Crippen molar-refractivity contribution in [2.45, 2.75) is 50.4 Å². The summed E-state index contributed by atoms with van der Waals surface area (Å²) < 4.78 is 0. The molecule has 70 valence electrons. The molecule has 0 aromatic heterocycles. The van der Waals surface area contributed by atoms with Crippen molar-refractivity contribution >= 4 is 17.5 Å². The quantitative estimate of drug-likeness (QED) is 0.660. The first-order chi connectivity index (χ1) is 5.74. The maximum absolute atomic E-state index is 11.3. The number of unbranched alkanes of at least 4 members (excludes halogenated alkanes) is 1. The topological polar surface area (TPSA) is 29.1 Å². The van der Waals surface area contributed by atoms with Crippen LogP contribution in [0.1, 0.15) is 39.0 Å². The number of halogens is 1. The summed E-state index contributed by atoms with van der Waals surface area (Å²) in [7, 11) is 0. The van der Waals surface area contributed by atoms with Gasteiger partial charge in [0, 0.05) is 6.04 Å². The van der Waals surface area contributed by atoms with Crippen molar-refractivity contribution in [3.63, 3.8) is 0 Å². The Morgan fingerprint density at radius 1 is 1.67 bits per heavy atom. The van der Waals surface area contributed by atoms with Crippen LogP contribution in [0.2, 0.25) is 0 Å². The Hall–Kier alpha value is -0.240. The smallest absolute Gasteiger partial charge is 0.238 e. The molecule has 1 N–H and O–H groups in total. The number of carbonyl (C=O) groups excluding carboxylic acids is 1. The fourth-order valence-corrected chi connectivity index (χ4v) is 1.25. The fourth-order valence-electron chi connectivity index (χ4n) is 1.03. The number of hydrogen-bond acceptors (Lipinski definition) is 1. The first kappa shape index (κ1) is 9.85. The van der Waals surface area contributed by atoms with E-state index in [1.54, 1.807) is 0 Å². The van der Waals surface area contributed by atoms with Crippen LogP contribution in [-0.2, 0) is 4.79 Å². The third-order valence-electron chi connectivity index (χ3n) is 2.02. The van der Waals surface area contributed by atoms with Gasteiger partial charge in [-0.1, -0.05) is 19.8 Å². The molecule has 0 bridgehead atoms. The number of rotatable bonds is 5. The van der Waals surface area contributed by atoms with Crippen LogP contribution in [0.5, 0.6) is 0 Å².